The van der Waals surface area contributed by atoms with Gasteiger partial charge in [0.25, 0.3) is 5.56 Å². The van der Waals surface area contributed by atoms with Crippen LogP contribution in [-0.2, 0) is 13.1 Å². The Bertz CT molecular complexity index is 620. The average molecular weight is 222 g/mol. The second kappa shape index (κ2) is 3.96. The molecule has 0 fully saturated rings. The van der Waals surface area contributed by atoms with Crippen molar-refractivity contribution in [1.82, 2.24) is 19.1 Å². The molecule has 0 aliphatic rings. The summed E-state index contributed by atoms with van der Waals surface area (Å²) >= 11 is 0. The van der Waals surface area contributed by atoms with Crippen LogP contribution in [0.3, 0.4) is 0 Å². The van der Waals surface area contributed by atoms with Crippen LogP contribution in [-0.4, -0.2) is 19.1 Å². The van der Waals surface area contributed by atoms with Gasteiger partial charge in [0.1, 0.15) is 5.52 Å². The van der Waals surface area contributed by atoms with Crippen molar-refractivity contribution in [2.75, 3.05) is 0 Å². The number of aromatic amines is 1. The number of imidazole rings is 1. The Morgan fingerprint density at radius 2 is 2.06 bits per heavy atom. The lowest BCUT2D eigenvalue weighted by molar-refractivity contribution is 0.580. The van der Waals surface area contributed by atoms with Gasteiger partial charge in [-0.3, -0.25) is 13.9 Å². The van der Waals surface area contributed by atoms with Gasteiger partial charge in [0.05, 0.1) is 6.33 Å². The molecule has 86 valence electrons. The second-order valence-corrected chi connectivity index (χ2v) is 3.58. The van der Waals surface area contributed by atoms with Gasteiger partial charge in [-0.15, -0.1) is 0 Å². The van der Waals surface area contributed by atoms with E-state index in [0.717, 1.165) is 6.42 Å². The fourth-order valence-electron chi connectivity index (χ4n) is 1.81. The SMILES string of the molecule is CCCn1c(=O)n(CC)c(=O)c2[nH]cnc21. The predicted molar refractivity (Wildman–Crippen MR) is 60.6 cm³/mol. The maximum absolute atomic E-state index is 12.0. The van der Waals surface area contributed by atoms with Crippen LogP contribution in [0.15, 0.2) is 15.9 Å². The Morgan fingerprint density at radius 1 is 1.31 bits per heavy atom. The molecule has 0 radical (unpaired) electrons. The highest BCUT2D eigenvalue weighted by Crippen LogP contribution is 2.01. The van der Waals surface area contributed by atoms with E-state index in [2.05, 4.69) is 9.97 Å². The van der Waals surface area contributed by atoms with Crippen molar-refractivity contribution in [2.45, 2.75) is 33.4 Å². The number of aromatic nitrogens is 4. The fraction of sp³-hybridized carbons (Fsp3) is 0.500. The molecule has 2 aromatic rings. The van der Waals surface area contributed by atoms with Gasteiger partial charge < -0.3 is 4.98 Å². The standard InChI is InChI=1S/C10H14N4O2/c1-3-5-14-8-7(11-6-12-8)9(15)13(4-2)10(14)16/h6H,3-5H2,1-2H3,(H,11,12). The molecular formula is C10H14N4O2. The molecule has 0 aliphatic heterocycles. The second-order valence-electron chi connectivity index (χ2n) is 3.58. The molecule has 0 atom stereocenters. The van der Waals surface area contributed by atoms with E-state index in [4.69, 9.17) is 0 Å². The van der Waals surface area contributed by atoms with Gasteiger partial charge in [0.2, 0.25) is 0 Å². The van der Waals surface area contributed by atoms with Crippen LogP contribution in [0.25, 0.3) is 11.2 Å². The van der Waals surface area contributed by atoms with Crippen molar-refractivity contribution in [3.05, 3.63) is 27.2 Å². The maximum atomic E-state index is 12.0. The van der Waals surface area contributed by atoms with E-state index < -0.39 is 0 Å². The molecule has 6 heteroatoms. The summed E-state index contributed by atoms with van der Waals surface area (Å²) in [6.07, 6.45) is 2.27. The first-order valence-corrected chi connectivity index (χ1v) is 5.37. The van der Waals surface area contributed by atoms with E-state index in [1.165, 1.54) is 15.5 Å². The predicted octanol–water partition coefficient (Wildman–Crippen LogP) is 0.316. The van der Waals surface area contributed by atoms with Crippen molar-refractivity contribution in [3.63, 3.8) is 0 Å². The first-order chi connectivity index (χ1) is 7.70. The van der Waals surface area contributed by atoms with E-state index in [1.807, 2.05) is 6.92 Å². The van der Waals surface area contributed by atoms with Crippen molar-refractivity contribution in [1.29, 1.82) is 0 Å². The minimum atomic E-state index is -0.299. The van der Waals surface area contributed by atoms with Gasteiger partial charge in [-0.2, -0.15) is 0 Å². The summed E-state index contributed by atoms with van der Waals surface area (Å²) in [5.74, 6) is 0. The van der Waals surface area contributed by atoms with E-state index in [1.54, 1.807) is 6.92 Å². The summed E-state index contributed by atoms with van der Waals surface area (Å²) < 4.78 is 2.76. The molecule has 0 amide bonds. The molecule has 1 N–H and O–H groups in total. The third kappa shape index (κ3) is 1.37. The van der Waals surface area contributed by atoms with E-state index in [9.17, 15) is 9.59 Å². The van der Waals surface area contributed by atoms with Gasteiger partial charge in [-0.05, 0) is 13.3 Å². The van der Waals surface area contributed by atoms with Gasteiger partial charge in [-0.1, -0.05) is 6.92 Å². The van der Waals surface area contributed by atoms with Crippen LogP contribution >= 0.6 is 0 Å². The molecule has 0 saturated carbocycles. The lowest BCUT2D eigenvalue weighted by atomic mass is 10.4. The molecule has 2 aromatic heterocycles. The smallest absolute Gasteiger partial charge is 0.332 e. The third-order valence-electron chi connectivity index (χ3n) is 2.56. The maximum Gasteiger partial charge on any atom is 0.332 e. The van der Waals surface area contributed by atoms with Crippen LogP contribution in [0.4, 0.5) is 0 Å². The van der Waals surface area contributed by atoms with Gasteiger partial charge in [-0.25, -0.2) is 9.78 Å². The summed E-state index contributed by atoms with van der Waals surface area (Å²) in [6.45, 7) is 4.70. The normalized spacial score (nSPS) is 11.1. The molecule has 16 heavy (non-hydrogen) atoms. The topological polar surface area (TPSA) is 72.7 Å². The van der Waals surface area contributed by atoms with Crippen molar-refractivity contribution >= 4 is 11.2 Å². The van der Waals surface area contributed by atoms with Gasteiger partial charge in [0.15, 0.2) is 5.65 Å². The number of H-pyrrole nitrogens is 1. The van der Waals surface area contributed by atoms with E-state index in [-0.39, 0.29) is 11.2 Å². The highest BCUT2D eigenvalue weighted by molar-refractivity contribution is 5.68. The lowest BCUT2D eigenvalue weighted by Crippen LogP contribution is -2.39. The molecule has 0 aromatic carbocycles. The lowest BCUT2D eigenvalue weighted by Gasteiger charge is -2.08. The van der Waals surface area contributed by atoms with Crippen molar-refractivity contribution < 1.29 is 0 Å². The number of aryl methyl sites for hydroxylation is 1. The number of nitrogens with zero attached hydrogens (tertiary/aromatic N) is 3. The van der Waals surface area contributed by atoms with Crippen LogP contribution < -0.4 is 11.2 Å². The summed E-state index contributed by atoms with van der Waals surface area (Å²) in [5.41, 5.74) is 0.262. The largest absolute Gasteiger partial charge is 0.339 e. The highest BCUT2D eigenvalue weighted by atomic mass is 16.2. The first kappa shape index (κ1) is 10.7. The van der Waals surface area contributed by atoms with Crippen LogP contribution in [0.5, 0.6) is 0 Å². The van der Waals surface area contributed by atoms with Crippen LogP contribution in [0, 0.1) is 0 Å². The Morgan fingerprint density at radius 3 is 2.69 bits per heavy atom. The monoisotopic (exact) mass is 222 g/mol. The summed E-state index contributed by atoms with van der Waals surface area (Å²) in [7, 11) is 0. The molecule has 0 saturated heterocycles. The van der Waals surface area contributed by atoms with Crippen LogP contribution in [0.2, 0.25) is 0 Å². The molecule has 0 spiro atoms. The van der Waals surface area contributed by atoms with Crippen LogP contribution in [0.1, 0.15) is 20.3 Å². The van der Waals surface area contributed by atoms with Crippen molar-refractivity contribution in [3.8, 4) is 0 Å². The van der Waals surface area contributed by atoms with Gasteiger partial charge in [0, 0.05) is 13.1 Å². The fourth-order valence-corrected chi connectivity index (χ4v) is 1.81. The zero-order chi connectivity index (χ0) is 11.7. The summed E-state index contributed by atoms with van der Waals surface area (Å²) in [4.78, 5) is 30.7. The van der Waals surface area contributed by atoms with E-state index >= 15 is 0 Å². The Kier molecular flexibility index (Phi) is 2.64. The van der Waals surface area contributed by atoms with Gasteiger partial charge >= 0.3 is 5.69 Å². The number of hydrogen-bond acceptors (Lipinski definition) is 3. The Hall–Kier alpha value is -1.85. The number of fused-ring (bicyclic) bond motifs is 1. The molecule has 0 unspecified atom stereocenters. The number of hydrogen-bond donors (Lipinski definition) is 1. The number of nitrogens with one attached hydrogen (secondary N) is 1. The molecule has 2 rings (SSSR count). The quantitative estimate of drug-likeness (QED) is 0.812. The summed E-state index contributed by atoms with van der Waals surface area (Å²) in [6, 6.07) is 0. The van der Waals surface area contributed by atoms with Crippen molar-refractivity contribution in [2.24, 2.45) is 0 Å². The Balaban J connectivity index is 2.92. The number of rotatable bonds is 3. The summed E-state index contributed by atoms with van der Waals surface area (Å²) in [5, 5.41) is 0. The minimum Gasteiger partial charge on any atom is -0.339 e. The Labute approximate surface area is 91.5 Å². The zero-order valence-electron chi connectivity index (χ0n) is 9.36. The van der Waals surface area contributed by atoms with E-state index in [0.29, 0.717) is 24.3 Å². The molecule has 2 heterocycles. The molecular weight excluding hydrogens is 208 g/mol. The third-order valence-corrected chi connectivity index (χ3v) is 2.56. The molecule has 6 nitrogen and oxygen atoms in total. The molecule has 0 bridgehead atoms. The average Bonchev–Trinajstić information content (AvgIpc) is 2.74. The first-order valence-electron chi connectivity index (χ1n) is 5.37. The molecule has 0 aliphatic carbocycles. The minimum absolute atomic E-state index is 0.283. The zero-order valence-corrected chi connectivity index (χ0v) is 9.36. The highest BCUT2D eigenvalue weighted by Gasteiger charge is 2.12.